The number of rotatable bonds is 5. The van der Waals surface area contributed by atoms with Gasteiger partial charge >= 0.3 is 0 Å². The first-order valence-corrected chi connectivity index (χ1v) is 10.2. The van der Waals surface area contributed by atoms with Gasteiger partial charge in [-0.15, -0.1) is 0 Å². The van der Waals surface area contributed by atoms with Crippen LogP contribution in [0.1, 0.15) is 32.0 Å². The van der Waals surface area contributed by atoms with Gasteiger partial charge in [0, 0.05) is 23.7 Å². The molecule has 0 bridgehead atoms. The fourth-order valence-electron chi connectivity index (χ4n) is 3.29. The molecular formula is C25H21N5O3. The first-order chi connectivity index (χ1) is 15.9. The topological polar surface area (TPSA) is 105 Å². The average molecular weight is 439 g/mol. The lowest BCUT2D eigenvalue weighted by molar-refractivity contribution is 0.0949. The molecule has 0 aliphatic carbocycles. The second-order valence-corrected chi connectivity index (χ2v) is 7.47. The number of hydrazone groups is 1. The summed E-state index contributed by atoms with van der Waals surface area (Å²) in [7, 11) is 1.49. The molecule has 1 heterocycles. The van der Waals surface area contributed by atoms with E-state index in [1.807, 2.05) is 19.1 Å². The molecule has 3 aromatic carbocycles. The Kier molecular flexibility index (Phi) is 6.08. The molecule has 0 radical (unpaired) electrons. The third-order valence-electron chi connectivity index (χ3n) is 5.01. The largest absolute Gasteiger partial charge is 0.322 e. The lowest BCUT2D eigenvalue weighted by atomic mass is 10.1. The summed E-state index contributed by atoms with van der Waals surface area (Å²) in [5.41, 5.74) is 5.17. The van der Waals surface area contributed by atoms with Gasteiger partial charge in [-0.25, -0.2) is 10.1 Å². The van der Waals surface area contributed by atoms with E-state index in [1.165, 1.54) is 13.3 Å². The second-order valence-electron chi connectivity index (χ2n) is 7.47. The van der Waals surface area contributed by atoms with Gasteiger partial charge in [-0.3, -0.25) is 14.4 Å². The van der Waals surface area contributed by atoms with Gasteiger partial charge in [0.2, 0.25) is 0 Å². The van der Waals surface area contributed by atoms with Gasteiger partial charge in [0.1, 0.15) is 0 Å². The van der Waals surface area contributed by atoms with Crippen molar-refractivity contribution in [3.05, 3.63) is 106 Å². The zero-order valence-corrected chi connectivity index (χ0v) is 18.1. The number of hydrogen-bond donors (Lipinski definition) is 2. The van der Waals surface area contributed by atoms with Crippen LogP contribution in [0.2, 0.25) is 0 Å². The van der Waals surface area contributed by atoms with Crippen LogP contribution in [-0.4, -0.2) is 27.8 Å². The summed E-state index contributed by atoms with van der Waals surface area (Å²) in [6.45, 7) is 1.96. The molecule has 2 N–H and O–H groups in total. The van der Waals surface area contributed by atoms with Crippen LogP contribution in [0.25, 0.3) is 10.8 Å². The van der Waals surface area contributed by atoms with Crippen molar-refractivity contribution in [1.82, 2.24) is 15.2 Å². The van der Waals surface area contributed by atoms with E-state index in [1.54, 1.807) is 60.7 Å². The molecule has 0 spiro atoms. The molecule has 0 atom stereocenters. The highest BCUT2D eigenvalue weighted by Crippen LogP contribution is 2.14. The standard InChI is InChI=1S/C25H21N5O3/c1-16-10-12-18(13-11-16)23(31)27-19-7-5-6-17(14-19)15-26-28-24(32)22-20-8-3-4-9-21(20)25(33)30(2)29-22/h3-15H,1-2H3,(H,27,31)(H,28,32)/b26-15+. The Balaban J connectivity index is 1.47. The molecule has 1 aromatic heterocycles. The van der Waals surface area contributed by atoms with Gasteiger partial charge in [0.05, 0.1) is 11.6 Å². The van der Waals surface area contributed by atoms with Gasteiger partial charge < -0.3 is 5.32 Å². The second kappa shape index (κ2) is 9.27. The monoisotopic (exact) mass is 439 g/mol. The molecule has 4 rings (SSSR count). The number of carbonyl (C=O) groups is 2. The number of fused-ring (bicyclic) bond motifs is 1. The van der Waals surface area contributed by atoms with E-state index in [9.17, 15) is 14.4 Å². The summed E-state index contributed by atoms with van der Waals surface area (Å²) in [5, 5.41) is 11.8. The Morgan fingerprint density at radius 1 is 0.939 bits per heavy atom. The molecule has 0 saturated heterocycles. The number of anilines is 1. The Labute approximate surface area is 189 Å². The van der Waals surface area contributed by atoms with Gasteiger partial charge in [0.25, 0.3) is 17.4 Å². The minimum absolute atomic E-state index is 0.101. The van der Waals surface area contributed by atoms with Crippen molar-refractivity contribution in [1.29, 1.82) is 0 Å². The molecule has 0 saturated carbocycles. The minimum atomic E-state index is -0.540. The number of carbonyl (C=O) groups excluding carboxylic acids is 2. The molecule has 8 nitrogen and oxygen atoms in total. The lowest BCUT2D eigenvalue weighted by Crippen LogP contribution is -2.27. The lowest BCUT2D eigenvalue weighted by Gasteiger charge is -2.07. The van der Waals surface area contributed by atoms with E-state index in [2.05, 4.69) is 20.9 Å². The highest BCUT2D eigenvalue weighted by molar-refractivity contribution is 6.05. The average Bonchev–Trinajstić information content (AvgIpc) is 2.82. The summed E-state index contributed by atoms with van der Waals surface area (Å²) >= 11 is 0. The van der Waals surface area contributed by atoms with E-state index in [0.29, 0.717) is 27.6 Å². The van der Waals surface area contributed by atoms with Crippen molar-refractivity contribution in [3.63, 3.8) is 0 Å². The highest BCUT2D eigenvalue weighted by Gasteiger charge is 2.15. The first-order valence-electron chi connectivity index (χ1n) is 10.2. The summed E-state index contributed by atoms with van der Waals surface area (Å²) in [4.78, 5) is 37.3. The highest BCUT2D eigenvalue weighted by atomic mass is 16.2. The zero-order valence-electron chi connectivity index (χ0n) is 18.1. The predicted molar refractivity (Wildman–Crippen MR) is 128 cm³/mol. The number of aryl methyl sites for hydroxylation is 2. The van der Waals surface area contributed by atoms with E-state index >= 15 is 0 Å². The Morgan fingerprint density at radius 2 is 1.67 bits per heavy atom. The van der Waals surface area contributed by atoms with E-state index in [-0.39, 0.29) is 17.2 Å². The SMILES string of the molecule is Cc1ccc(C(=O)Nc2cccc(/C=N/NC(=O)c3nn(C)c(=O)c4ccccc34)c2)cc1. The number of nitrogens with zero attached hydrogens (tertiary/aromatic N) is 3. The van der Waals surface area contributed by atoms with Crippen LogP contribution < -0.4 is 16.3 Å². The molecule has 0 fully saturated rings. The van der Waals surface area contributed by atoms with Crippen LogP contribution in [0.15, 0.2) is 82.7 Å². The minimum Gasteiger partial charge on any atom is -0.322 e. The van der Waals surface area contributed by atoms with Gasteiger partial charge in [-0.2, -0.15) is 10.2 Å². The summed E-state index contributed by atoms with van der Waals surface area (Å²) in [5.74, 6) is -0.757. The number of nitrogens with one attached hydrogen (secondary N) is 2. The van der Waals surface area contributed by atoms with Crippen molar-refractivity contribution in [2.45, 2.75) is 6.92 Å². The Morgan fingerprint density at radius 3 is 2.42 bits per heavy atom. The van der Waals surface area contributed by atoms with Crippen LogP contribution >= 0.6 is 0 Å². The number of benzene rings is 3. The van der Waals surface area contributed by atoms with Gasteiger partial charge in [-0.1, -0.05) is 48.0 Å². The number of aromatic nitrogens is 2. The molecule has 33 heavy (non-hydrogen) atoms. The normalized spacial score (nSPS) is 11.0. The van der Waals surface area contributed by atoms with Crippen LogP contribution in [-0.2, 0) is 7.05 Å². The Hall–Kier alpha value is -4.59. The predicted octanol–water partition coefficient (Wildman–Crippen LogP) is 3.26. The zero-order chi connectivity index (χ0) is 23.4. The van der Waals surface area contributed by atoms with Crippen molar-refractivity contribution < 1.29 is 9.59 Å². The number of amides is 2. The van der Waals surface area contributed by atoms with Crippen molar-refractivity contribution in [2.75, 3.05) is 5.32 Å². The maximum Gasteiger partial charge on any atom is 0.292 e. The first kappa shape index (κ1) is 21.6. The van der Waals surface area contributed by atoms with E-state index < -0.39 is 5.91 Å². The van der Waals surface area contributed by atoms with Gasteiger partial charge in [0.15, 0.2) is 5.69 Å². The van der Waals surface area contributed by atoms with E-state index in [4.69, 9.17) is 0 Å². The molecule has 164 valence electrons. The van der Waals surface area contributed by atoms with Crippen molar-refractivity contribution in [3.8, 4) is 0 Å². The van der Waals surface area contributed by atoms with Gasteiger partial charge in [-0.05, 0) is 42.8 Å². The Bertz CT molecular complexity index is 1440. The van der Waals surface area contributed by atoms with Crippen LogP contribution in [0.5, 0.6) is 0 Å². The molecule has 2 amide bonds. The van der Waals surface area contributed by atoms with Crippen LogP contribution in [0, 0.1) is 6.92 Å². The summed E-state index contributed by atoms with van der Waals surface area (Å²) < 4.78 is 1.13. The van der Waals surface area contributed by atoms with Crippen LogP contribution in [0.4, 0.5) is 5.69 Å². The summed E-state index contributed by atoms with van der Waals surface area (Å²) in [6.07, 6.45) is 1.46. The van der Waals surface area contributed by atoms with E-state index in [0.717, 1.165) is 10.2 Å². The molecular weight excluding hydrogens is 418 g/mol. The molecule has 4 aromatic rings. The maximum absolute atomic E-state index is 12.6. The number of hydrogen-bond acceptors (Lipinski definition) is 5. The molecule has 0 unspecified atom stereocenters. The maximum atomic E-state index is 12.6. The third kappa shape index (κ3) is 4.85. The fourth-order valence-corrected chi connectivity index (χ4v) is 3.29. The summed E-state index contributed by atoms with van der Waals surface area (Å²) in [6, 6.07) is 21.1. The van der Waals surface area contributed by atoms with Crippen LogP contribution in [0.3, 0.4) is 0 Å². The molecule has 0 aliphatic heterocycles. The van der Waals surface area contributed by atoms with Crippen molar-refractivity contribution in [2.24, 2.45) is 12.1 Å². The van der Waals surface area contributed by atoms with Crippen molar-refractivity contribution >= 4 is 34.5 Å². The smallest absolute Gasteiger partial charge is 0.292 e. The fraction of sp³-hybridized carbons (Fsp3) is 0.0800. The molecule has 8 heteroatoms. The molecule has 0 aliphatic rings. The quantitative estimate of drug-likeness (QED) is 0.368. The third-order valence-corrected chi connectivity index (χ3v) is 5.01.